The highest BCUT2D eigenvalue weighted by molar-refractivity contribution is 7.09. The molecule has 0 radical (unpaired) electrons. The molecule has 0 saturated carbocycles. The van der Waals surface area contributed by atoms with Gasteiger partial charge < -0.3 is 5.73 Å². The summed E-state index contributed by atoms with van der Waals surface area (Å²) in [7, 11) is 0. The van der Waals surface area contributed by atoms with Crippen LogP contribution in [0.4, 0.5) is 0 Å². The van der Waals surface area contributed by atoms with Crippen LogP contribution < -0.4 is 5.73 Å². The third-order valence-corrected chi connectivity index (χ3v) is 3.95. The van der Waals surface area contributed by atoms with Crippen LogP contribution in [-0.4, -0.2) is 20.8 Å². The molecule has 0 aromatic carbocycles. The summed E-state index contributed by atoms with van der Waals surface area (Å²) < 4.78 is 1.92. The first kappa shape index (κ1) is 13.2. The van der Waals surface area contributed by atoms with Gasteiger partial charge in [-0.15, -0.1) is 11.3 Å². The predicted molar refractivity (Wildman–Crippen MR) is 74.6 cm³/mol. The van der Waals surface area contributed by atoms with E-state index >= 15 is 0 Å². The smallest absolute Gasteiger partial charge is 0.138 e. The van der Waals surface area contributed by atoms with Crippen molar-refractivity contribution in [3.63, 3.8) is 0 Å². The Labute approximate surface area is 112 Å². The summed E-state index contributed by atoms with van der Waals surface area (Å²) in [5.41, 5.74) is 6.15. The van der Waals surface area contributed by atoms with Crippen molar-refractivity contribution in [3.8, 4) is 0 Å². The Morgan fingerprint density at radius 1 is 1.50 bits per heavy atom. The highest BCUT2D eigenvalue weighted by atomic mass is 32.1. The summed E-state index contributed by atoms with van der Waals surface area (Å²) in [5.74, 6) is 1.00. The minimum Gasteiger partial charge on any atom is -0.327 e. The monoisotopic (exact) mass is 264 g/mol. The van der Waals surface area contributed by atoms with Gasteiger partial charge in [0.15, 0.2) is 0 Å². The van der Waals surface area contributed by atoms with Gasteiger partial charge in [-0.05, 0) is 37.6 Å². The van der Waals surface area contributed by atoms with Gasteiger partial charge in [-0.1, -0.05) is 6.07 Å². The number of aryl methyl sites for hydroxylation is 2. The summed E-state index contributed by atoms with van der Waals surface area (Å²) in [6.07, 6.45) is 5.73. The van der Waals surface area contributed by atoms with Crippen molar-refractivity contribution in [2.24, 2.45) is 5.73 Å². The molecule has 0 amide bonds. The van der Waals surface area contributed by atoms with Gasteiger partial charge in [0.2, 0.25) is 0 Å². The molecule has 0 aliphatic rings. The minimum atomic E-state index is 0.180. The molecule has 5 heteroatoms. The molecule has 0 bridgehead atoms. The van der Waals surface area contributed by atoms with E-state index < -0.39 is 0 Å². The summed E-state index contributed by atoms with van der Waals surface area (Å²) in [6.45, 7) is 2.93. The normalized spacial score (nSPS) is 12.8. The van der Waals surface area contributed by atoms with Crippen molar-refractivity contribution in [2.45, 2.75) is 45.2 Å². The van der Waals surface area contributed by atoms with Crippen LogP contribution in [0, 0.1) is 0 Å². The molecular weight excluding hydrogens is 244 g/mol. The highest BCUT2D eigenvalue weighted by Crippen LogP contribution is 2.13. The van der Waals surface area contributed by atoms with Crippen LogP contribution in [0.15, 0.2) is 23.8 Å². The van der Waals surface area contributed by atoms with E-state index in [2.05, 4.69) is 34.5 Å². The molecular formula is C13H20N4S. The molecule has 1 atom stereocenters. The van der Waals surface area contributed by atoms with Crippen LogP contribution in [0.3, 0.4) is 0 Å². The second kappa shape index (κ2) is 6.66. The van der Waals surface area contributed by atoms with Gasteiger partial charge in [0.05, 0.1) is 0 Å². The molecule has 18 heavy (non-hydrogen) atoms. The van der Waals surface area contributed by atoms with Crippen LogP contribution in [0.5, 0.6) is 0 Å². The molecule has 2 heterocycles. The van der Waals surface area contributed by atoms with Gasteiger partial charge in [0.25, 0.3) is 0 Å². The number of nitrogens with zero attached hydrogens (tertiary/aromatic N) is 3. The van der Waals surface area contributed by atoms with Crippen molar-refractivity contribution in [3.05, 3.63) is 34.5 Å². The third-order valence-electron chi connectivity index (χ3n) is 3.02. The van der Waals surface area contributed by atoms with Crippen molar-refractivity contribution < 1.29 is 0 Å². The van der Waals surface area contributed by atoms with Crippen LogP contribution >= 0.6 is 11.3 Å². The number of rotatable bonds is 7. The number of thiophene rings is 1. The minimum absolute atomic E-state index is 0.180. The first-order valence-corrected chi connectivity index (χ1v) is 7.32. The summed E-state index contributed by atoms with van der Waals surface area (Å²) in [4.78, 5) is 5.70. The Kier molecular flexibility index (Phi) is 4.90. The number of aromatic nitrogens is 3. The third kappa shape index (κ3) is 3.65. The second-order valence-corrected chi connectivity index (χ2v) is 5.46. The number of hydrogen-bond donors (Lipinski definition) is 1. The first-order chi connectivity index (χ1) is 8.79. The first-order valence-electron chi connectivity index (χ1n) is 6.44. The molecule has 2 aromatic heterocycles. The lowest BCUT2D eigenvalue weighted by atomic mass is 10.1. The second-order valence-electron chi connectivity index (χ2n) is 4.43. The zero-order valence-electron chi connectivity index (χ0n) is 10.7. The average Bonchev–Trinajstić information content (AvgIpc) is 3.00. The van der Waals surface area contributed by atoms with Gasteiger partial charge >= 0.3 is 0 Å². The molecule has 2 rings (SSSR count). The van der Waals surface area contributed by atoms with Gasteiger partial charge in [0, 0.05) is 23.9 Å². The Hall–Kier alpha value is -1.20. The van der Waals surface area contributed by atoms with E-state index in [4.69, 9.17) is 5.73 Å². The van der Waals surface area contributed by atoms with E-state index in [0.29, 0.717) is 0 Å². The van der Waals surface area contributed by atoms with Gasteiger partial charge in [-0.25, -0.2) is 4.98 Å². The molecule has 4 nitrogen and oxygen atoms in total. The zero-order chi connectivity index (χ0) is 12.8. The van der Waals surface area contributed by atoms with Gasteiger partial charge in [-0.3, -0.25) is 4.68 Å². The van der Waals surface area contributed by atoms with Crippen LogP contribution in [0.1, 0.15) is 30.5 Å². The Morgan fingerprint density at radius 2 is 2.39 bits per heavy atom. The Bertz CT molecular complexity index is 449. The largest absolute Gasteiger partial charge is 0.327 e. The number of nitrogens with two attached hydrogens (primary N) is 1. The van der Waals surface area contributed by atoms with E-state index in [9.17, 15) is 0 Å². The summed E-state index contributed by atoms with van der Waals surface area (Å²) >= 11 is 1.82. The van der Waals surface area contributed by atoms with Crippen LogP contribution in [-0.2, 0) is 19.4 Å². The van der Waals surface area contributed by atoms with E-state index in [1.165, 1.54) is 4.88 Å². The van der Waals surface area contributed by atoms with Crippen LogP contribution in [0.25, 0.3) is 0 Å². The topological polar surface area (TPSA) is 56.7 Å². The summed E-state index contributed by atoms with van der Waals surface area (Å²) in [6, 6.07) is 4.47. The molecule has 0 spiro atoms. The lowest BCUT2D eigenvalue weighted by Gasteiger charge is -2.11. The SMILES string of the molecule is CCn1ncnc1CC(N)CCCc1cccs1. The van der Waals surface area contributed by atoms with Crippen molar-refractivity contribution in [1.82, 2.24) is 14.8 Å². The molecule has 0 saturated heterocycles. The lowest BCUT2D eigenvalue weighted by Crippen LogP contribution is -2.25. The molecule has 2 N–H and O–H groups in total. The zero-order valence-corrected chi connectivity index (χ0v) is 11.6. The molecule has 0 fully saturated rings. The average molecular weight is 264 g/mol. The summed E-state index contributed by atoms with van der Waals surface area (Å²) in [5, 5.41) is 6.28. The molecule has 98 valence electrons. The van der Waals surface area contributed by atoms with Gasteiger partial charge in [0.1, 0.15) is 12.2 Å². The van der Waals surface area contributed by atoms with Crippen molar-refractivity contribution in [2.75, 3.05) is 0 Å². The van der Waals surface area contributed by atoms with E-state index in [0.717, 1.165) is 38.1 Å². The maximum absolute atomic E-state index is 6.15. The Balaban J connectivity index is 1.73. The van der Waals surface area contributed by atoms with Gasteiger partial charge in [-0.2, -0.15) is 5.10 Å². The quantitative estimate of drug-likeness (QED) is 0.834. The fourth-order valence-electron chi connectivity index (χ4n) is 2.04. The van der Waals surface area contributed by atoms with Crippen LogP contribution in [0.2, 0.25) is 0 Å². The molecule has 0 aliphatic carbocycles. The molecule has 2 aromatic rings. The standard InChI is InChI=1S/C13H20N4S/c1-2-17-13(15-10-16-17)9-11(14)5-3-6-12-7-4-8-18-12/h4,7-8,10-11H,2-3,5-6,9,14H2,1H3. The van der Waals surface area contributed by atoms with E-state index in [1.54, 1.807) is 6.33 Å². The number of hydrogen-bond acceptors (Lipinski definition) is 4. The van der Waals surface area contributed by atoms with E-state index in [1.807, 2.05) is 16.0 Å². The van der Waals surface area contributed by atoms with Crippen molar-refractivity contribution >= 4 is 11.3 Å². The molecule has 1 unspecified atom stereocenters. The highest BCUT2D eigenvalue weighted by Gasteiger charge is 2.09. The maximum atomic E-state index is 6.15. The van der Waals surface area contributed by atoms with Crippen molar-refractivity contribution in [1.29, 1.82) is 0 Å². The Morgan fingerprint density at radius 3 is 3.11 bits per heavy atom. The molecule has 0 aliphatic heterocycles. The lowest BCUT2D eigenvalue weighted by molar-refractivity contribution is 0.534. The fraction of sp³-hybridized carbons (Fsp3) is 0.538. The fourth-order valence-corrected chi connectivity index (χ4v) is 2.79. The predicted octanol–water partition coefficient (Wildman–Crippen LogP) is 2.25. The maximum Gasteiger partial charge on any atom is 0.138 e. The van der Waals surface area contributed by atoms with E-state index in [-0.39, 0.29) is 6.04 Å².